The number of nitrogens with zero attached hydrogens (tertiary/aromatic N) is 1. The molecule has 6 nitrogen and oxygen atoms in total. The lowest BCUT2D eigenvalue weighted by atomic mass is 9.96. The minimum absolute atomic E-state index is 0.0745. The molecule has 0 saturated carbocycles. The Hall–Kier alpha value is -3.12. The highest BCUT2D eigenvalue weighted by Crippen LogP contribution is 2.40. The second kappa shape index (κ2) is 8.71. The van der Waals surface area contributed by atoms with E-state index in [-0.39, 0.29) is 29.2 Å². The highest BCUT2D eigenvalue weighted by molar-refractivity contribution is 6.15. The lowest BCUT2D eigenvalue weighted by molar-refractivity contribution is -0.149. The molecule has 1 saturated heterocycles. The van der Waals surface area contributed by atoms with Gasteiger partial charge in [0, 0.05) is 6.54 Å². The molecule has 30 heavy (non-hydrogen) atoms. The van der Waals surface area contributed by atoms with E-state index in [0.29, 0.717) is 56.0 Å². The summed E-state index contributed by atoms with van der Waals surface area (Å²) in [7, 11) is 0. The molecule has 0 bridgehead atoms. The smallest absolute Gasteiger partial charge is 0.309 e. The van der Waals surface area contributed by atoms with E-state index in [1.54, 1.807) is 18.2 Å². The van der Waals surface area contributed by atoms with Crippen LogP contribution < -0.4 is 4.74 Å². The highest BCUT2D eigenvalue weighted by atomic mass is 16.5. The summed E-state index contributed by atoms with van der Waals surface area (Å²) in [5.41, 5.74) is 1.94. The van der Waals surface area contributed by atoms with Gasteiger partial charge in [0.25, 0.3) is 0 Å². The Kier molecular flexibility index (Phi) is 5.86. The van der Waals surface area contributed by atoms with Crippen LogP contribution in [0, 0.1) is 5.92 Å². The number of rotatable bonds is 5. The number of piperidine rings is 1. The van der Waals surface area contributed by atoms with Gasteiger partial charge in [0.05, 0.1) is 23.7 Å². The molecule has 2 aliphatic rings. The van der Waals surface area contributed by atoms with Crippen molar-refractivity contribution in [2.75, 3.05) is 19.7 Å². The average molecular weight is 407 g/mol. The molecule has 2 aromatic rings. The van der Waals surface area contributed by atoms with Crippen molar-refractivity contribution in [1.29, 1.82) is 0 Å². The van der Waals surface area contributed by atoms with Crippen LogP contribution in [0.2, 0.25) is 0 Å². The molecule has 1 fully saturated rings. The molecule has 0 radical (unpaired) electrons. The lowest BCUT2D eigenvalue weighted by Gasteiger charge is -2.31. The normalized spacial score (nSPS) is 18.3. The third kappa shape index (κ3) is 4.09. The first-order valence-electron chi connectivity index (χ1n) is 10.3. The summed E-state index contributed by atoms with van der Waals surface area (Å²) in [5, 5.41) is 10.5. The second-order valence-corrected chi connectivity index (χ2v) is 7.59. The van der Waals surface area contributed by atoms with Crippen molar-refractivity contribution in [2.45, 2.75) is 26.3 Å². The molecule has 4 rings (SSSR count). The minimum Gasteiger partial charge on any atom is -0.507 e. The molecule has 0 unspecified atom stereocenters. The molecule has 0 spiro atoms. The summed E-state index contributed by atoms with van der Waals surface area (Å²) in [6.07, 6.45) is 3.15. The largest absolute Gasteiger partial charge is 0.507 e. The zero-order chi connectivity index (χ0) is 21.1. The number of ketones is 1. The summed E-state index contributed by atoms with van der Waals surface area (Å²) in [4.78, 5) is 26.9. The van der Waals surface area contributed by atoms with Gasteiger partial charge in [-0.15, -0.1) is 0 Å². The van der Waals surface area contributed by atoms with E-state index in [4.69, 9.17) is 9.47 Å². The Morgan fingerprint density at radius 3 is 2.63 bits per heavy atom. The van der Waals surface area contributed by atoms with Crippen LogP contribution in [-0.2, 0) is 16.1 Å². The number of carbonyl (C=O) groups excluding carboxylic acids is 2. The van der Waals surface area contributed by atoms with Gasteiger partial charge in [0.2, 0.25) is 5.78 Å². The van der Waals surface area contributed by atoms with Crippen molar-refractivity contribution in [1.82, 2.24) is 4.90 Å². The molecule has 2 aromatic carbocycles. The van der Waals surface area contributed by atoms with E-state index in [0.717, 1.165) is 5.56 Å². The van der Waals surface area contributed by atoms with Gasteiger partial charge in [0.15, 0.2) is 5.76 Å². The topological polar surface area (TPSA) is 76.1 Å². The van der Waals surface area contributed by atoms with Crippen molar-refractivity contribution >= 4 is 17.8 Å². The van der Waals surface area contributed by atoms with E-state index in [1.807, 2.05) is 37.3 Å². The fourth-order valence-electron chi connectivity index (χ4n) is 3.96. The van der Waals surface area contributed by atoms with E-state index in [9.17, 15) is 14.7 Å². The molecule has 6 heteroatoms. The third-order valence-corrected chi connectivity index (χ3v) is 5.60. The number of hydrogen-bond donors (Lipinski definition) is 1. The van der Waals surface area contributed by atoms with Crippen molar-refractivity contribution in [3.8, 4) is 11.5 Å². The summed E-state index contributed by atoms with van der Waals surface area (Å²) < 4.78 is 11.0. The Morgan fingerprint density at radius 1 is 1.20 bits per heavy atom. The molecule has 2 heterocycles. The number of esters is 1. The van der Waals surface area contributed by atoms with Gasteiger partial charge in [-0.05, 0) is 56.6 Å². The summed E-state index contributed by atoms with van der Waals surface area (Å²) >= 11 is 0. The van der Waals surface area contributed by atoms with Gasteiger partial charge in [-0.1, -0.05) is 30.3 Å². The van der Waals surface area contributed by atoms with Gasteiger partial charge >= 0.3 is 5.97 Å². The monoisotopic (exact) mass is 407 g/mol. The van der Waals surface area contributed by atoms with Crippen molar-refractivity contribution < 1.29 is 24.2 Å². The van der Waals surface area contributed by atoms with E-state index in [1.165, 1.54) is 0 Å². The Bertz CT molecular complexity index is 975. The van der Waals surface area contributed by atoms with Crippen LogP contribution in [0.4, 0.5) is 0 Å². The number of aromatic hydroxyl groups is 1. The van der Waals surface area contributed by atoms with Crippen LogP contribution in [0.3, 0.4) is 0 Å². The van der Waals surface area contributed by atoms with E-state index in [2.05, 4.69) is 4.90 Å². The van der Waals surface area contributed by atoms with E-state index < -0.39 is 0 Å². The van der Waals surface area contributed by atoms with Crippen LogP contribution in [-0.4, -0.2) is 41.5 Å². The number of benzene rings is 2. The molecule has 0 atom stereocenters. The van der Waals surface area contributed by atoms with E-state index >= 15 is 0 Å². The molecule has 1 N–H and O–H groups in total. The van der Waals surface area contributed by atoms with Gasteiger partial charge in [-0.25, -0.2) is 0 Å². The first-order valence-corrected chi connectivity index (χ1v) is 10.3. The number of likely N-dealkylation sites (tertiary alicyclic amines) is 1. The Morgan fingerprint density at radius 2 is 1.93 bits per heavy atom. The number of fused-ring (bicyclic) bond motifs is 1. The van der Waals surface area contributed by atoms with Crippen molar-refractivity contribution in [3.63, 3.8) is 0 Å². The molecular weight excluding hydrogens is 382 g/mol. The number of Topliss-reactive ketones (excluding diaryl/α,β-unsaturated/α-hetero) is 1. The summed E-state index contributed by atoms with van der Waals surface area (Å²) in [6, 6.07) is 12.7. The van der Waals surface area contributed by atoms with Gasteiger partial charge < -0.3 is 14.6 Å². The maximum Gasteiger partial charge on any atom is 0.309 e. The van der Waals surface area contributed by atoms with Crippen molar-refractivity contribution in [3.05, 3.63) is 64.9 Å². The van der Waals surface area contributed by atoms with Crippen LogP contribution in [0.15, 0.2) is 48.2 Å². The predicted molar refractivity (Wildman–Crippen MR) is 112 cm³/mol. The van der Waals surface area contributed by atoms with Gasteiger partial charge in [-0.3, -0.25) is 14.5 Å². The SMILES string of the molecule is CCOC(=O)C1CCN(Cc2c(O)ccc3c2O/C(=C/c2ccccc2)C3=O)CC1. The van der Waals surface area contributed by atoms with Crippen LogP contribution in [0.1, 0.15) is 41.3 Å². The zero-order valence-corrected chi connectivity index (χ0v) is 17.0. The summed E-state index contributed by atoms with van der Waals surface area (Å²) in [5.74, 6) is 0.393. The zero-order valence-electron chi connectivity index (χ0n) is 17.0. The molecule has 0 amide bonds. The number of phenols is 1. The highest BCUT2D eigenvalue weighted by Gasteiger charge is 2.33. The Labute approximate surface area is 175 Å². The van der Waals surface area contributed by atoms with Gasteiger partial charge in [-0.2, -0.15) is 0 Å². The van der Waals surface area contributed by atoms with Crippen LogP contribution in [0.25, 0.3) is 6.08 Å². The number of hydrogen-bond acceptors (Lipinski definition) is 6. The fourth-order valence-corrected chi connectivity index (χ4v) is 3.96. The lowest BCUT2D eigenvalue weighted by Crippen LogP contribution is -2.36. The van der Waals surface area contributed by atoms with Crippen LogP contribution >= 0.6 is 0 Å². The van der Waals surface area contributed by atoms with Gasteiger partial charge in [0.1, 0.15) is 11.5 Å². The number of allylic oxidation sites excluding steroid dienone is 1. The standard InChI is InChI=1S/C24H25NO5/c1-2-29-24(28)17-10-12-25(13-11-17)15-19-20(26)9-8-18-22(27)21(30-23(18)19)14-16-6-4-3-5-7-16/h3-9,14,17,26H,2,10-13,15H2,1H3/b21-14+. The molecule has 2 aliphatic heterocycles. The second-order valence-electron chi connectivity index (χ2n) is 7.59. The van der Waals surface area contributed by atoms with Crippen molar-refractivity contribution in [2.24, 2.45) is 5.92 Å². The predicted octanol–water partition coefficient (Wildman–Crippen LogP) is 3.78. The minimum atomic E-state index is -0.184. The maximum atomic E-state index is 12.8. The number of phenolic OH excluding ortho intramolecular Hbond substituents is 1. The first-order chi connectivity index (χ1) is 14.6. The Balaban J connectivity index is 1.50. The summed E-state index contributed by atoms with van der Waals surface area (Å²) in [6.45, 7) is 4.10. The maximum absolute atomic E-state index is 12.8. The quantitative estimate of drug-likeness (QED) is 0.600. The number of ether oxygens (including phenoxy) is 2. The third-order valence-electron chi connectivity index (χ3n) is 5.60. The first kappa shape index (κ1) is 20.2. The molecule has 0 aromatic heterocycles. The molecule has 156 valence electrons. The number of carbonyl (C=O) groups is 2. The average Bonchev–Trinajstić information content (AvgIpc) is 3.07. The molecule has 0 aliphatic carbocycles. The van der Waals surface area contributed by atoms with Crippen LogP contribution in [0.5, 0.6) is 11.5 Å². The fraction of sp³-hybridized carbons (Fsp3) is 0.333. The molecular formula is C24H25NO5.